The minimum Gasteiger partial charge on any atom is -0.265 e. The van der Waals surface area contributed by atoms with Crippen LogP contribution in [0.2, 0.25) is 10.0 Å². The van der Waals surface area contributed by atoms with Crippen LogP contribution in [0.3, 0.4) is 0 Å². The number of rotatable bonds is 4. The van der Waals surface area contributed by atoms with Gasteiger partial charge in [-0.2, -0.15) is 10.5 Å². The first-order chi connectivity index (χ1) is 10.6. The monoisotopic (exact) mass is 335 g/mol. The summed E-state index contributed by atoms with van der Waals surface area (Å²) in [5.74, 6) is -0.0592. The number of hydrazone groups is 2. The van der Waals surface area contributed by atoms with Gasteiger partial charge in [-0.25, -0.2) is 9.99 Å². The first kappa shape index (κ1) is 15.9. The number of hydrogen-bond donors (Lipinski definition) is 3. The zero-order chi connectivity index (χ0) is 15.8. The number of nitrogens with one attached hydrogen (secondary N) is 3. The summed E-state index contributed by atoms with van der Waals surface area (Å²) in [4.78, 5) is 0. The van der Waals surface area contributed by atoms with Gasteiger partial charge in [0.1, 0.15) is 0 Å². The lowest BCUT2D eigenvalue weighted by molar-refractivity contribution is -0.546. The van der Waals surface area contributed by atoms with E-state index in [1.807, 2.05) is 12.1 Å². The summed E-state index contributed by atoms with van der Waals surface area (Å²) in [7, 11) is 0. The highest BCUT2D eigenvalue weighted by Crippen LogP contribution is 2.07. The number of halogens is 2. The van der Waals surface area contributed by atoms with Gasteiger partial charge in [-0.3, -0.25) is 5.41 Å². The highest BCUT2D eigenvalue weighted by molar-refractivity contribution is 6.30. The van der Waals surface area contributed by atoms with Crippen LogP contribution in [0, 0.1) is 5.41 Å². The smallest absolute Gasteiger partial charge is 0.265 e. The van der Waals surface area contributed by atoms with Crippen LogP contribution in [0.15, 0.2) is 59.0 Å². The van der Waals surface area contributed by atoms with Crippen molar-refractivity contribution in [1.29, 1.82) is 5.41 Å². The summed E-state index contributed by atoms with van der Waals surface area (Å²) in [5, 5.41) is 16.7. The van der Waals surface area contributed by atoms with Crippen LogP contribution in [-0.2, 0) is 0 Å². The summed E-state index contributed by atoms with van der Waals surface area (Å²) in [6, 6.07) is 10.6. The molecule has 0 unspecified atom stereocenters. The maximum atomic E-state index is 7.59. The second-order valence-corrected chi connectivity index (χ2v) is 4.99. The number of nitrogens with zero attached hydrogens (tertiary/aromatic N) is 3. The Morgan fingerprint density at radius 1 is 0.955 bits per heavy atom. The van der Waals surface area contributed by atoms with E-state index < -0.39 is 0 Å². The van der Waals surface area contributed by atoms with Gasteiger partial charge >= 0.3 is 6.34 Å². The Balaban J connectivity index is 1.78. The third kappa shape index (κ3) is 5.51. The van der Waals surface area contributed by atoms with Crippen LogP contribution >= 0.6 is 23.2 Å². The molecule has 3 N–H and O–H groups in total. The number of hydrogen-bond acceptors (Lipinski definition) is 3. The van der Waals surface area contributed by atoms with Gasteiger partial charge in [-0.05, 0) is 29.8 Å². The molecule has 1 aromatic carbocycles. The van der Waals surface area contributed by atoms with E-state index >= 15 is 0 Å². The molecule has 6 nitrogen and oxygen atoms in total. The summed E-state index contributed by atoms with van der Waals surface area (Å²) < 4.78 is 1.68. The van der Waals surface area contributed by atoms with Gasteiger partial charge < -0.3 is 0 Å². The fourth-order valence-corrected chi connectivity index (χ4v) is 1.64. The van der Waals surface area contributed by atoms with Crippen molar-refractivity contribution >= 4 is 41.7 Å². The summed E-state index contributed by atoms with van der Waals surface area (Å²) >= 11 is 11.6. The molecule has 1 heterocycles. The highest BCUT2D eigenvalue weighted by Gasteiger charge is 1.96. The average Bonchev–Trinajstić information content (AvgIpc) is 2.51. The second kappa shape index (κ2) is 8.11. The predicted octanol–water partition coefficient (Wildman–Crippen LogP) is 2.22. The molecule has 22 heavy (non-hydrogen) atoms. The summed E-state index contributed by atoms with van der Waals surface area (Å²) in [5.41, 5.74) is 5.87. The van der Waals surface area contributed by atoms with Crippen LogP contribution in [0.1, 0.15) is 5.56 Å². The molecule has 0 fully saturated rings. The molecule has 2 aromatic rings. The molecule has 0 bridgehead atoms. The van der Waals surface area contributed by atoms with E-state index in [1.165, 1.54) is 6.34 Å². The Bertz CT molecular complexity index is 620. The molecule has 0 aliphatic rings. The Morgan fingerprint density at radius 3 is 2.23 bits per heavy atom. The highest BCUT2D eigenvalue weighted by atomic mass is 35.5. The summed E-state index contributed by atoms with van der Waals surface area (Å²) in [6.07, 6.45) is 6.55. The molecule has 0 radical (unpaired) electrons. The molecule has 0 aliphatic carbocycles. The maximum absolute atomic E-state index is 7.59. The molecule has 0 spiro atoms. The first-order valence-corrected chi connectivity index (χ1v) is 6.98. The molecule has 112 valence electrons. The average molecular weight is 336 g/mol. The second-order valence-electron chi connectivity index (χ2n) is 4.12. The Morgan fingerprint density at radius 2 is 1.55 bits per heavy atom. The van der Waals surface area contributed by atoms with Crippen molar-refractivity contribution in [3.8, 4) is 0 Å². The zero-order valence-electron chi connectivity index (χ0n) is 11.4. The van der Waals surface area contributed by atoms with E-state index in [0.29, 0.717) is 10.0 Å². The van der Waals surface area contributed by atoms with E-state index in [2.05, 4.69) is 21.1 Å². The van der Waals surface area contributed by atoms with Crippen LogP contribution in [-0.4, -0.2) is 18.5 Å². The van der Waals surface area contributed by atoms with E-state index in [4.69, 9.17) is 28.6 Å². The standard InChI is InChI=1S/C14H13Cl2N6/c15-12-3-1-11(2-4-12)9-18-20-14(17)21-19-10-22-7-5-13(16)6-8-22/h1-10H,(H3,17,20,21)/q+1/b18-9?,19-10+. The topological polar surface area (TPSA) is 76.5 Å². The zero-order valence-corrected chi connectivity index (χ0v) is 12.9. The Labute approximate surface area is 137 Å². The van der Waals surface area contributed by atoms with Crippen molar-refractivity contribution < 1.29 is 4.57 Å². The van der Waals surface area contributed by atoms with E-state index in [1.54, 1.807) is 47.4 Å². The summed E-state index contributed by atoms with van der Waals surface area (Å²) in [6.45, 7) is 0. The molecule has 1 aromatic heterocycles. The third-order valence-electron chi connectivity index (χ3n) is 2.44. The number of aromatic nitrogens is 1. The molecular weight excluding hydrogens is 323 g/mol. The van der Waals surface area contributed by atoms with Gasteiger partial charge in [-0.1, -0.05) is 35.3 Å². The van der Waals surface area contributed by atoms with Crippen molar-refractivity contribution in [2.45, 2.75) is 0 Å². The van der Waals surface area contributed by atoms with Crippen molar-refractivity contribution in [3.05, 3.63) is 64.4 Å². The van der Waals surface area contributed by atoms with Crippen LogP contribution in [0.25, 0.3) is 0 Å². The molecule has 8 heteroatoms. The van der Waals surface area contributed by atoms with Gasteiger partial charge in [0.05, 0.1) is 18.6 Å². The van der Waals surface area contributed by atoms with Crippen LogP contribution < -0.4 is 15.4 Å². The molecule has 0 aliphatic heterocycles. The normalized spacial score (nSPS) is 11.0. The number of guanidine groups is 1. The van der Waals surface area contributed by atoms with Crippen molar-refractivity contribution in [2.75, 3.05) is 0 Å². The molecule has 2 rings (SSSR count). The largest absolute Gasteiger partial charge is 0.316 e. The van der Waals surface area contributed by atoms with Crippen molar-refractivity contribution in [2.24, 2.45) is 10.2 Å². The lowest BCUT2D eigenvalue weighted by Crippen LogP contribution is -2.35. The molecule has 0 atom stereocenters. The predicted molar refractivity (Wildman–Crippen MR) is 88.6 cm³/mol. The molecule has 0 saturated carbocycles. The fraction of sp³-hybridized carbons (Fsp3) is 0. The van der Waals surface area contributed by atoms with Gasteiger partial charge in [0, 0.05) is 15.1 Å². The number of benzene rings is 1. The molecule has 0 saturated heterocycles. The van der Waals surface area contributed by atoms with E-state index in [-0.39, 0.29) is 5.96 Å². The van der Waals surface area contributed by atoms with E-state index in [9.17, 15) is 0 Å². The van der Waals surface area contributed by atoms with Gasteiger partial charge in [0.25, 0.3) is 0 Å². The van der Waals surface area contributed by atoms with E-state index in [0.717, 1.165) is 5.56 Å². The first-order valence-electron chi connectivity index (χ1n) is 6.22. The van der Waals surface area contributed by atoms with Gasteiger partial charge in [0.15, 0.2) is 0 Å². The minimum atomic E-state index is -0.0592. The van der Waals surface area contributed by atoms with Gasteiger partial charge in [-0.15, -0.1) is 0 Å². The Kier molecular flexibility index (Phi) is 5.88. The third-order valence-corrected chi connectivity index (χ3v) is 2.94. The minimum absolute atomic E-state index is 0.0592. The molecular formula is C14H13Cl2N6+. The maximum Gasteiger partial charge on any atom is 0.316 e. The van der Waals surface area contributed by atoms with Crippen molar-refractivity contribution in [3.63, 3.8) is 0 Å². The lowest BCUT2D eigenvalue weighted by Gasteiger charge is -1.97. The number of pyridine rings is 1. The quantitative estimate of drug-likeness (QED) is 0.347. The fourth-order valence-electron chi connectivity index (χ4n) is 1.40. The molecule has 0 amide bonds. The lowest BCUT2D eigenvalue weighted by atomic mass is 10.2. The SMILES string of the molecule is N=C(NN=Cc1ccc(Cl)cc1)N/N=C/[n+]1ccc(Cl)cc1. The van der Waals surface area contributed by atoms with Crippen LogP contribution in [0.4, 0.5) is 0 Å². The van der Waals surface area contributed by atoms with Gasteiger partial charge in [0.2, 0.25) is 5.96 Å². The van der Waals surface area contributed by atoms with Crippen LogP contribution in [0.5, 0.6) is 0 Å². The Hall–Kier alpha value is -2.44. The van der Waals surface area contributed by atoms with Crippen molar-refractivity contribution in [1.82, 2.24) is 10.9 Å².